The second kappa shape index (κ2) is 21.2. The number of allylic oxidation sites excluding steroid dienone is 3. The van der Waals surface area contributed by atoms with Gasteiger partial charge >= 0.3 is 5.97 Å². The van der Waals surface area contributed by atoms with Crippen molar-refractivity contribution in [1.29, 1.82) is 0 Å². The van der Waals surface area contributed by atoms with Crippen LogP contribution in [0.5, 0.6) is 0 Å². The summed E-state index contributed by atoms with van der Waals surface area (Å²) in [6.45, 7) is 15.3. The first-order valence-corrected chi connectivity index (χ1v) is 27.4. The van der Waals surface area contributed by atoms with Crippen LogP contribution >= 0.6 is 0 Å². The number of carbonyl (C=O) groups is 1. The van der Waals surface area contributed by atoms with E-state index in [0.29, 0.717) is 38.5 Å². The Labute approximate surface area is 443 Å². The minimum atomic E-state index is -1.88. The number of esters is 1. The molecule has 5 aliphatic carbocycles. The van der Waals surface area contributed by atoms with Gasteiger partial charge in [0, 0.05) is 0 Å². The average molecular weight is 1090 g/mol. The lowest BCUT2D eigenvalue weighted by Gasteiger charge is -2.69. The Bertz CT molecular complexity index is 2150. The monoisotopic (exact) mass is 1090 g/mol. The Morgan fingerprint density at radius 2 is 1.16 bits per heavy atom. The summed E-state index contributed by atoms with van der Waals surface area (Å²) in [4.78, 5) is 15.1. The Balaban J connectivity index is 0.912. The number of rotatable bonds is 11. The summed E-state index contributed by atoms with van der Waals surface area (Å²) in [5.41, 5.74) is -0.439. The first-order valence-electron chi connectivity index (χ1n) is 27.4. The molecule has 0 aromatic rings. The molecule has 0 bridgehead atoms. The molecule has 434 valence electrons. The molecular formula is C54H86O22. The zero-order valence-electron chi connectivity index (χ0n) is 44.9. The third-order valence-electron chi connectivity index (χ3n) is 20.7. The maximum atomic E-state index is 15.1. The molecule has 0 radical (unpaired) electrons. The summed E-state index contributed by atoms with van der Waals surface area (Å²) in [7, 11) is 0. The lowest BCUT2D eigenvalue weighted by Crippen LogP contribution is -2.65. The zero-order chi connectivity index (χ0) is 55.6. The van der Waals surface area contributed by atoms with Crippen LogP contribution in [0.2, 0.25) is 0 Å². The zero-order valence-corrected chi connectivity index (χ0v) is 44.9. The molecule has 4 saturated heterocycles. The molecular weight excluding hydrogens is 1000 g/mol. The number of ether oxygens (including phenoxy) is 8. The second-order valence-corrected chi connectivity index (χ2v) is 25.9. The van der Waals surface area contributed by atoms with Gasteiger partial charge in [-0.1, -0.05) is 60.6 Å². The third-order valence-corrected chi connectivity index (χ3v) is 20.7. The normalized spacial score (nSPS) is 52.9. The fourth-order valence-corrected chi connectivity index (χ4v) is 15.7. The highest BCUT2D eigenvalue weighted by Gasteiger charge is 2.68. The Kier molecular flexibility index (Phi) is 16.4. The van der Waals surface area contributed by atoms with E-state index in [4.69, 9.17) is 37.9 Å². The average Bonchev–Trinajstić information content (AvgIpc) is 3.55. The maximum Gasteiger partial charge on any atom is 0.318 e. The Morgan fingerprint density at radius 3 is 1.82 bits per heavy atom. The topological polar surface area (TPSA) is 354 Å². The predicted molar refractivity (Wildman–Crippen MR) is 261 cm³/mol. The van der Waals surface area contributed by atoms with Gasteiger partial charge in [0.1, 0.15) is 91.6 Å². The van der Waals surface area contributed by atoms with E-state index in [9.17, 15) is 66.4 Å². The molecule has 7 fully saturated rings. The van der Waals surface area contributed by atoms with Crippen LogP contribution in [-0.4, -0.2) is 221 Å². The van der Waals surface area contributed by atoms with Gasteiger partial charge in [-0.25, -0.2) is 0 Å². The van der Waals surface area contributed by atoms with Gasteiger partial charge in [-0.05, 0) is 115 Å². The highest BCUT2D eigenvalue weighted by molar-refractivity contribution is 5.82. The van der Waals surface area contributed by atoms with Gasteiger partial charge in [-0.3, -0.25) is 4.79 Å². The standard InChI is InChI=1S/C54H86O22/c1-23-32(57)35(60)39(64)45(70-23)75-43-27(21-56)72-44(42(67)38(43)63)69-22-28-34(59)37(62)41(66)47(73-28)76-48(68)54-17-15-49(2,3)19-25(54)24-9-10-30-51(6)13-12-31(74-46-40(65)36(61)33(58)26(20-55)71-46)50(4,5)29(51)11-14-53(30,8)52(24,7)16-18-54/h9-10,23,26-47,55-67H,11-22H2,1-8H3. The van der Waals surface area contributed by atoms with Crippen molar-refractivity contribution in [3.8, 4) is 0 Å². The van der Waals surface area contributed by atoms with Crippen LogP contribution in [0.25, 0.3) is 0 Å². The van der Waals surface area contributed by atoms with Crippen molar-refractivity contribution in [3.63, 3.8) is 0 Å². The van der Waals surface area contributed by atoms with Gasteiger partial charge in [-0.15, -0.1) is 0 Å². The number of hydrogen-bond donors (Lipinski definition) is 13. The minimum absolute atomic E-state index is 0.127. The summed E-state index contributed by atoms with van der Waals surface area (Å²) in [6, 6.07) is 0. The van der Waals surface area contributed by atoms with E-state index in [-0.39, 0.29) is 39.6 Å². The smallest absolute Gasteiger partial charge is 0.318 e. The molecule has 3 saturated carbocycles. The van der Waals surface area contributed by atoms with E-state index in [1.165, 1.54) is 6.92 Å². The minimum Gasteiger partial charge on any atom is -0.432 e. The van der Waals surface area contributed by atoms with Crippen LogP contribution < -0.4 is 0 Å². The van der Waals surface area contributed by atoms with Gasteiger partial charge in [0.05, 0.1) is 37.4 Å². The summed E-state index contributed by atoms with van der Waals surface area (Å²) in [5, 5.41) is 139. The molecule has 76 heavy (non-hydrogen) atoms. The Morgan fingerprint density at radius 1 is 0.592 bits per heavy atom. The molecule has 27 unspecified atom stereocenters. The number of aliphatic hydroxyl groups excluding tert-OH is 13. The molecule has 22 nitrogen and oxygen atoms in total. The number of hydrogen-bond acceptors (Lipinski definition) is 22. The number of carbonyl (C=O) groups excluding carboxylic acids is 1. The Hall–Kier alpha value is -1.85. The van der Waals surface area contributed by atoms with Crippen molar-refractivity contribution in [2.75, 3.05) is 19.8 Å². The highest BCUT2D eigenvalue weighted by atomic mass is 16.8. The third kappa shape index (κ3) is 9.49. The van der Waals surface area contributed by atoms with E-state index in [1.807, 2.05) is 0 Å². The van der Waals surface area contributed by atoms with Crippen LogP contribution in [0.3, 0.4) is 0 Å². The fourth-order valence-electron chi connectivity index (χ4n) is 15.7. The summed E-state index contributed by atoms with van der Waals surface area (Å²) in [5.74, 6) is -0.334. The van der Waals surface area contributed by atoms with Crippen molar-refractivity contribution in [1.82, 2.24) is 0 Å². The fraction of sp³-hybridized carbons (Fsp3) is 0.907. The summed E-state index contributed by atoms with van der Waals surface area (Å²) in [6.07, 6.45) is -21.2. The molecule has 4 heterocycles. The van der Waals surface area contributed by atoms with Gasteiger partial charge in [-0.2, -0.15) is 0 Å². The SMILES string of the molecule is CC1OC(OC2C(CO)OC(OCC3OC(OC(=O)C45CCC(C)(C)CC4=C4C=CC6C7(C)CCC(OC8OC(CO)C(O)C(O)C8O)C(C)(C)C7CCC6(C)C4(C)CC5)C(O)C(O)C3O)C(O)C2O)C(O)C(O)C1O. The summed E-state index contributed by atoms with van der Waals surface area (Å²) >= 11 is 0. The molecule has 22 heteroatoms. The van der Waals surface area contributed by atoms with Crippen LogP contribution in [0.15, 0.2) is 23.3 Å². The summed E-state index contributed by atoms with van der Waals surface area (Å²) < 4.78 is 47.1. The first-order chi connectivity index (χ1) is 35.5. The van der Waals surface area contributed by atoms with Gasteiger partial charge < -0.3 is 104 Å². The first kappa shape index (κ1) is 58.8. The van der Waals surface area contributed by atoms with E-state index in [0.717, 1.165) is 30.4 Å². The maximum absolute atomic E-state index is 15.1. The molecule has 9 rings (SSSR count). The van der Waals surface area contributed by atoms with Crippen LogP contribution in [0.1, 0.15) is 113 Å². The van der Waals surface area contributed by atoms with E-state index >= 15 is 4.79 Å². The molecule has 9 aliphatic rings. The van der Waals surface area contributed by atoms with Crippen LogP contribution in [0.4, 0.5) is 0 Å². The van der Waals surface area contributed by atoms with Crippen molar-refractivity contribution >= 4 is 5.97 Å². The number of aliphatic hydroxyl groups is 13. The lowest BCUT2D eigenvalue weighted by molar-refractivity contribution is -0.361. The van der Waals surface area contributed by atoms with Crippen LogP contribution in [-0.2, 0) is 42.7 Å². The van der Waals surface area contributed by atoms with Gasteiger partial charge in [0.25, 0.3) is 0 Å². The van der Waals surface area contributed by atoms with E-state index < -0.39 is 159 Å². The molecule has 0 aromatic heterocycles. The van der Waals surface area contributed by atoms with Crippen molar-refractivity contribution in [2.24, 2.45) is 44.3 Å². The van der Waals surface area contributed by atoms with Crippen molar-refractivity contribution in [3.05, 3.63) is 23.3 Å². The van der Waals surface area contributed by atoms with Crippen molar-refractivity contribution in [2.45, 2.75) is 242 Å². The molecule has 0 aromatic carbocycles. The number of fused-ring (bicyclic) bond motifs is 6. The lowest BCUT2D eigenvalue weighted by atomic mass is 9.35. The predicted octanol–water partition coefficient (Wildman–Crippen LogP) is -1.09. The molecule has 0 amide bonds. The second-order valence-electron chi connectivity index (χ2n) is 25.9. The highest BCUT2D eigenvalue weighted by Crippen LogP contribution is 2.74. The van der Waals surface area contributed by atoms with E-state index in [1.54, 1.807) is 0 Å². The van der Waals surface area contributed by atoms with E-state index in [2.05, 4.69) is 60.6 Å². The molecule has 27 atom stereocenters. The van der Waals surface area contributed by atoms with Crippen molar-refractivity contribution < 1.29 is 109 Å². The molecule has 13 N–H and O–H groups in total. The largest absolute Gasteiger partial charge is 0.432 e. The van der Waals surface area contributed by atoms with Crippen LogP contribution in [0, 0.1) is 44.3 Å². The molecule has 0 spiro atoms. The van der Waals surface area contributed by atoms with Gasteiger partial charge in [0.15, 0.2) is 18.9 Å². The quantitative estimate of drug-likeness (QED) is 0.0864. The van der Waals surface area contributed by atoms with Gasteiger partial charge in [0.2, 0.25) is 6.29 Å². The molecule has 4 aliphatic heterocycles.